The smallest absolute Gasteiger partial charge is 0.203 e. The number of nitrogens with one attached hydrogen (secondary N) is 1. The van der Waals surface area contributed by atoms with Gasteiger partial charge in [-0.1, -0.05) is 56.3 Å². The van der Waals surface area contributed by atoms with Gasteiger partial charge >= 0.3 is 0 Å². The molecule has 2 aromatic carbocycles. The molecule has 136 valence electrons. The SMILES string of the molecule is CSc1ccc(CNc2ncc(-c3ccccc3)n2CCC(C)C)cc1. The molecule has 0 bridgehead atoms. The van der Waals surface area contributed by atoms with Gasteiger partial charge in [0.25, 0.3) is 0 Å². The van der Waals surface area contributed by atoms with Crippen molar-refractivity contribution in [3.05, 3.63) is 66.4 Å². The van der Waals surface area contributed by atoms with Gasteiger partial charge in [0.2, 0.25) is 5.95 Å². The Morgan fingerprint density at radius 3 is 2.42 bits per heavy atom. The maximum Gasteiger partial charge on any atom is 0.203 e. The molecule has 1 aromatic heterocycles. The molecular formula is C22H27N3S. The van der Waals surface area contributed by atoms with E-state index in [1.807, 2.05) is 6.20 Å². The van der Waals surface area contributed by atoms with Gasteiger partial charge in [-0.05, 0) is 41.9 Å². The molecule has 0 fully saturated rings. The maximum atomic E-state index is 4.67. The van der Waals surface area contributed by atoms with E-state index in [0.29, 0.717) is 5.92 Å². The predicted molar refractivity (Wildman–Crippen MR) is 113 cm³/mol. The first-order valence-corrected chi connectivity index (χ1v) is 10.4. The van der Waals surface area contributed by atoms with E-state index in [1.165, 1.54) is 21.7 Å². The summed E-state index contributed by atoms with van der Waals surface area (Å²) in [4.78, 5) is 5.96. The monoisotopic (exact) mass is 365 g/mol. The van der Waals surface area contributed by atoms with E-state index in [2.05, 4.69) is 89.6 Å². The Kier molecular flexibility index (Phi) is 6.40. The molecule has 0 spiro atoms. The van der Waals surface area contributed by atoms with Crippen LogP contribution in [-0.4, -0.2) is 15.8 Å². The summed E-state index contributed by atoms with van der Waals surface area (Å²) in [7, 11) is 0. The molecule has 0 saturated heterocycles. The predicted octanol–water partition coefficient (Wildman–Crippen LogP) is 5.93. The lowest BCUT2D eigenvalue weighted by molar-refractivity contribution is 0.520. The average molecular weight is 366 g/mol. The van der Waals surface area contributed by atoms with Crippen molar-refractivity contribution >= 4 is 17.7 Å². The third kappa shape index (κ3) is 4.70. The van der Waals surface area contributed by atoms with Crippen LogP contribution in [0.15, 0.2) is 65.7 Å². The first-order valence-electron chi connectivity index (χ1n) is 9.15. The van der Waals surface area contributed by atoms with Crippen LogP contribution < -0.4 is 5.32 Å². The highest BCUT2D eigenvalue weighted by atomic mass is 32.2. The van der Waals surface area contributed by atoms with E-state index in [4.69, 9.17) is 0 Å². The lowest BCUT2D eigenvalue weighted by Crippen LogP contribution is -2.10. The molecule has 0 saturated carbocycles. The number of benzene rings is 2. The highest BCUT2D eigenvalue weighted by Crippen LogP contribution is 2.25. The highest BCUT2D eigenvalue weighted by molar-refractivity contribution is 7.98. The van der Waals surface area contributed by atoms with Gasteiger partial charge in [-0.3, -0.25) is 0 Å². The van der Waals surface area contributed by atoms with E-state index < -0.39 is 0 Å². The summed E-state index contributed by atoms with van der Waals surface area (Å²) < 4.78 is 2.31. The Morgan fingerprint density at radius 1 is 1.04 bits per heavy atom. The summed E-state index contributed by atoms with van der Waals surface area (Å²) in [6, 6.07) is 19.2. The molecule has 0 aliphatic carbocycles. The summed E-state index contributed by atoms with van der Waals surface area (Å²) in [5.74, 6) is 1.60. The van der Waals surface area contributed by atoms with Crippen LogP contribution in [0.1, 0.15) is 25.8 Å². The fourth-order valence-electron chi connectivity index (χ4n) is 2.89. The van der Waals surface area contributed by atoms with E-state index in [1.54, 1.807) is 11.8 Å². The number of anilines is 1. The lowest BCUT2D eigenvalue weighted by Gasteiger charge is -2.15. The van der Waals surface area contributed by atoms with Crippen LogP contribution in [0.4, 0.5) is 5.95 Å². The van der Waals surface area contributed by atoms with Gasteiger partial charge in [-0.2, -0.15) is 0 Å². The van der Waals surface area contributed by atoms with Crippen LogP contribution in [0, 0.1) is 5.92 Å². The number of rotatable bonds is 8. The second-order valence-corrected chi connectivity index (χ2v) is 7.75. The quantitative estimate of drug-likeness (QED) is 0.502. The second kappa shape index (κ2) is 8.95. The Morgan fingerprint density at radius 2 is 1.77 bits per heavy atom. The van der Waals surface area contributed by atoms with Crippen molar-refractivity contribution in [2.75, 3.05) is 11.6 Å². The van der Waals surface area contributed by atoms with Gasteiger partial charge in [0.05, 0.1) is 11.9 Å². The maximum absolute atomic E-state index is 4.67. The summed E-state index contributed by atoms with van der Waals surface area (Å²) >= 11 is 1.77. The Hall–Kier alpha value is -2.20. The van der Waals surface area contributed by atoms with Crippen molar-refractivity contribution in [2.45, 2.75) is 38.3 Å². The van der Waals surface area contributed by atoms with E-state index in [9.17, 15) is 0 Å². The molecule has 4 heteroatoms. The second-order valence-electron chi connectivity index (χ2n) is 6.87. The van der Waals surface area contributed by atoms with E-state index in [-0.39, 0.29) is 0 Å². The average Bonchev–Trinajstić information content (AvgIpc) is 3.08. The lowest BCUT2D eigenvalue weighted by atomic mass is 10.1. The minimum absolute atomic E-state index is 0.660. The Labute approximate surface area is 160 Å². The van der Waals surface area contributed by atoms with Crippen molar-refractivity contribution in [3.8, 4) is 11.3 Å². The molecule has 0 aliphatic rings. The highest BCUT2D eigenvalue weighted by Gasteiger charge is 2.12. The van der Waals surface area contributed by atoms with Gasteiger partial charge in [-0.15, -0.1) is 11.8 Å². The van der Waals surface area contributed by atoms with Crippen molar-refractivity contribution in [3.63, 3.8) is 0 Å². The van der Waals surface area contributed by atoms with Crippen LogP contribution in [-0.2, 0) is 13.1 Å². The van der Waals surface area contributed by atoms with Gasteiger partial charge in [0.15, 0.2) is 0 Å². The van der Waals surface area contributed by atoms with Crippen molar-refractivity contribution in [1.82, 2.24) is 9.55 Å². The van der Waals surface area contributed by atoms with Crippen LogP contribution in [0.5, 0.6) is 0 Å². The largest absolute Gasteiger partial charge is 0.352 e. The molecule has 0 amide bonds. The van der Waals surface area contributed by atoms with Gasteiger partial charge in [0, 0.05) is 18.0 Å². The molecular weight excluding hydrogens is 338 g/mol. The summed E-state index contributed by atoms with van der Waals surface area (Å²) in [6.45, 7) is 6.27. The molecule has 3 aromatic rings. The Balaban J connectivity index is 1.79. The van der Waals surface area contributed by atoms with Crippen molar-refractivity contribution in [2.24, 2.45) is 5.92 Å². The Bertz CT molecular complexity index is 807. The van der Waals surface area contributed by atoms with Crippen LogP contribution in [0.2, 0.25) is 0 Å². The number of aromatic nitrogens is 2. The molecule has 1 heterocycles. The van der Waals surface area contributed by atoms with Crippen molar-refractivity contribution < 1.29 is 0 Å². The molecule has 0 aliphatic heterocycles. The molecule has 3 rings (SSSR count). The van der Waals surface area contributed by atoms with Crippen LogP contribution >= 0.6 is 11.8 Å². The molecule has 3 nitrogen and oxygen atoms in total. The molecule has 0 radical (unpaired) electrons. The molecule has 0 unspecified atom stereocenters. The molecule has 26 heavy (non-hydrogen) atoms. The van der Waals surface area contributed by atoms with Gasteiger partial charge < -0.3 is 9.88 Å². The van der Waals surface area contributed by atoms with Crippen LogP contribution in [0.25, 0.3) is 11.3 Å². The van der Waals surface area contributed by atoms with E-state index >= 15 is 0 Å². The summed E-state index contributed by atoms with van der Waals surface area (Å²) in [5.41, 5.74) is 3.65. The zero-order valence-corrected chi connectivity index (χ0v) is 16.6. The topological polar surface area (TPSA) is 29.9 Å². The summed E-state index contributed by atoms with van der Waals surface area (Å²) in [6.07, 6.45) is 5.21. The third-order valence-corrected chi connectivity index (χ3v) is 5.21. The first-order chi connectivity index (χ1) is 12.7. The van der Waals surface area contributed by atoms with Crippen molar-refractivity contribution in [1.29, 1.82) is 0 Å². The number of imidazole rings is 1. The van der Waals surface area contributed by atoms with E-state index in [0.717, 1.165) is 25.5 Å². The molecule has 1 N–H and O–H groups in total. The fourth-order valence-corrected chi connectivity index (χ4v) is 3.30. The number of hydrogen-bond donors (Lipinski definition) is 1. The number of hydrogen-bond acceptors (Lipinski definition) is 3. The number of thioether (sulfide) groups is 1. The third-order valence-electron chi connectivity index (χ3n) is 4.46. The minimum atomic E-state index is 0.660. The molecule has 0 atom stereocenters. The standard InChI is InChI=1S/C22H27N3S/c1-17(2)13-14-25-21(19-7-5-4-6-8-19)16-24-22(25)23-15-18-9-11-20(26-3)12-10-18/h4-12,16-17H,13-15H2,1-3H3,(H,23,24). The van der Waals surface area contributed by atoms with Gasteiger partial charge in [0.1, 0.15) is 0 Å². The van der Waals surface area contributed by atoms with Crippen LogP contribution in [0.3, 0.4) is 0 Å². The van der Waals surface area contributed by atoms with Gasteiger partial charge in [-0.25, -0.2) is 4.98 Å². The zero-order valence-electron chi connectivity index (χ0n) is 15.8. The fraction of sp³-hybridized carbons (Fsp3) is 0.318. The number of nitrogens with zero attached hydrogens (tertiary/aromatic N) is 2. The normalized spacial score (nSPS) is 11.1. The minimum Gasteiger partial charge on any atom is -0.352 e. The first kappa shape index (κ1) is 18.6. The summed E-state index contributed by atoms with van der Waals surface area (Å²) in [5, 5.41) is 3.53. The zero-order chi connectivity index (χ0) is 18.4.